The zero-order valence-corrected chi connectivity index (χ0v) is 6.39. The van der Waals surface area contributed by atoms with Gasteiger partial charge in [-0.1, -0.05) is 11.6 Å². The number of cyclic esters (lactones) is 1. The minimum absolute atomic E-state index is 0.0637. The Hall–Kier alpha value is -0.790. The normalized spacial score (nSPS) is 26.8. The number of hydrogen-bond acceptors (Lipinski definition) is 2. The molecule has 2 heteroatoms. The van der Waals surface area contributed by atoms with Crippen molar-refractivity contribution < 1.29 is 9.53 Å². The smallest absolute Gasteiger partial charge is 0.306 e. The van der Waals surface area contributed by atoms with E-state index in [1.165, 1.54) is 5.57 Å². The molecular formula is C8H12O2. The predicted molar refractivity (Wildman–Crippen MR) is 38.5 cm³/mol. The summed E-state index contributed by atoms with van der Waals surface area (Å²) in [5, 5.41) is 0. The average molecular weight is 140 g/mol. The minimum atomic E-state index is -0.0637. The van der Waals surface area contributed by atoms with Crippen LogP contribution in [0.5, 0.6) is 0 Å². The molecule has 0 aromatic carbocycles. The van der Waals surface area contributed by atoms with E-state index in [2.05, 4.69) is 0 Å². The van der Waals surface area contributed by atoms with Gasteiger partial charge in [-0.05, 0) is 13.8 Å². The van der Waals surface area contributed by atoms with Gasteiger partial charge in [-0.15, -0.1) is 0 Å². The molecule has 1 unspecified atom stereocenters. The van der Waals surface area contributed by atoms with E-state index in [0.717, 1.165) is 0 Å². The molecule has 1 fully saturated rings. The van der Waals surface area contributed by atoms with Crippen LogP contribution < -0.4 is 0 Å². The molecule has 56 valence electrons. The molecule has 1 aliphatic heterocycles. The highest BCUT2D eigenvalue weighted by Crippen LogP contribution is 2.21. The fourth-order valence-electron chi connectivity index (χ4n) is 1.04. The number of hydrogen-bond donors (Lipinski definition) is 0. The van der Waals surface area contributed by atoms with Gasteiger partial charge in [-0.2, -0.15) is 0 Å². The number of rotatable bonds is 1. The van der Waals surface area contributed by atoms with Crippen LogP contribution in [0, 0.1) is 5.92 Å². The molecule has 1 heterocycles. The fourth-order valence-corrected chi connectivity index (χ4v) is 1.04. The van der Waals surface area contributed by atoms with Crippen molar-refractivity contribution in [1.29, 1.82) is 0 Å². The summed E-state index contributed by atoms with van der Waals surface area (Å²) in [6.45, 7) is 4.60. The van der Waals surface area contributed by atoms with Gasteiger partial charge in [0.25, 0.3) is 0 Å². The van der Waals surface area contributed by atoms with Crippen LogP contribution in [0.25, 0.3) is 0 Å². The SMILES string of the molecule is CC=C(C)C1COC(=O)C1. The summed E-state index contributed by atoms with van der Waals surface area (Å²) < 4.78 is 4.81. The van der Waals surface area contributed by atoms with Crippen molar-refractivity contribution in [2.45, 2.75) is 20.3 Å². The van der Waals surface area contributed by atoms with Crippen molar-refractivity contribution >= 4 is 5.97 Å². The van der Waals surface area contributed by atoms with Gasteiger partial charge in [0.05, 0.1) is 13.0 Å². The van der Waals surface area contributed by atoms with E-state index in [0.29, 0.717) is 18.9 Å². The molecule has 2 nitrogen and oxygen atoms in total. The lowest BCUT2D eigenvalue weighted by Crippen LogP contribution is -1.99. The average Bonchev–Trinajstić information content (AvgIpc) is 2.34. The zero-order valence-electron chi connectivity index (χ0n) is 6.39. The van der Waals surface area contributed by atoms with Gasteiger partial charge >= 0.3 is 5.97 Å². The number of carbonyl (C=O) groups excluding carboxylic acids is 1. The van der Waals surface area contributed by atoms with Crippen molar-refractivity contribution in [2.75, 3.05) is 6.61 Å². The van der Waals surface area contributed by atoms with E-state index in [4.69, 9.17) is 4.74 Å². The molecule has 1 saturated heterocycles. The molecule has 0 radical (unpaired) electrons. The number of allylic oxidation sites excluding steroid dienone is 1. The molecular weight excluding hydrogens is 128 g/mol. The lowest BCUT2D eigenvalue weighted by molar-refractivity contribution is -0.137. The first-order valence-corrected chi connectivity index (χ1v) is 3.52. The number of esters is 1. The molecule has 10 heavy (non-hydrogen) atoms. The summed E-state index contributed by atoms with van der Waals surface area (Å²) in [6, 6.07) is 0. The van der Waals surface area contributed by atoms with E-state index < -0.39 is 0 Å². The molecule has 0 aliphatic carbocycles. The minimum Gasteiger partial charge on any atom is -0.465 e. The molecule has 1 aliphatic rings. The van der Waals surface area contributed by atoms with Gasteiger partial charge in [0.1, 0.15) is 0 Å². The van der Waals surface area contributed by atoms with E-state index in [1.807, 2.05) is 19.9 Å². The van der Waals surface area contributed by atoms with E-state index in [1.54, 1.807) is 0 Å². The third-order valence-electron chi connectivity index (χ3n) is 1.96. The Balaban J connectivity index is 2.52. The van der Waals surface area contributed by atoms with Gasteiger partial charge in [0.2, 0.25) is 0 Å². The maximum absolute atomic E-state index is 10.6. The highest BCUT2D eigenvalue weighted by molar-refractivity contribution is 5.72. The molecule has 0 amide bonds. The summed E-state index contributed by atoms with van der Waals surface area (Å²) in [5.74, 6) is 0.281. The van der Waals surface area contributed by atoms with Crippen molar-refractivity contribution in [3.63, 3.8) is 0 Å². The molecule has 1 atom stereocenters. The van der Waals surface area contributed by atoms with E-state index >= 15 is 0 Å². The standard InChI is InChI=1S/C8H12O2/c1-3-6(2)7-4-8(9)10-5-7/h3,7H,4-5H2,1-2H3. The summed E-state index contributed by atoms with van der Waals surface area (Å²) in [5.41, 5.74) is 1.26. The Morgan fingerprint density at radius 3 is 2.90 bits per heavy atom. The molecule has 0 bridgehead atoms. The Labute approximate surface area is 60.9 Å². The number of ether oxygens (including phenoxy) is 1. The second-order valence-electron chi connectivity index (χ2n) is 2.62. The first-order chi connectivity index (χ1) is 4.74. The maximum atomic E-state index is 10.6. The van der Waals surface area contributed by atoms with Crippen LogP contribution in [0.4, 0.5) is 0 Å². The van der Waals surface area contributed by atoms with Gasteiger partial charge in [-0.3, -0.25) is 4.79 Å². The summed E-state index contributed by atoms with van der Waals surface area (Å²) >= 11 is 0. The van der Waals surface area contributed by atoms with Gasteiger partial charge < -0.3 is 4.74 Å². The highest BCUT2D eigenvalue weighted by Gasteiger charge is 2.24. The van der Waals surface area contributed by atoms with Crippen molar-refractivity contribution in [1.82, 2.24) is 0 Å². The zero-order chi connectivity index (χ0) is 7.56. The van der Waals surface area contributed by atoms with Crippen molar-refractivity contribution in [3.8, 4) is 0 Å². The Bertz CT molecular complexity index is 170. The van der Waals surface area contributed by atoms with Gasteiger partial charge in [0.15, 0.2) is 0 Å². The van der Waals surface area contributed by atoms with Gasteiger partial charge in [0, 0.05) is 5.92 Å². The first-order valence-electron chi connectivity index (χ1n) is 3.52. The lowest BCUT2D eigenvalue weighted by Gasteiger charge is -2.03. The molecule has 0 saturated carbocycles. The van der Waals surface area contributed by atoms with E-state index in [9.17, 15) is 4.79 Å². The molecule has 0 aromatic rings. The van der Waals surface area contributed by atoms with Crippen LogP contribution in [0.2, 0.25) is 0 Å². The van der Waals surface area contributed by atoms with Crippen molar-refractivity contribution in [3.05, 3.63) is 11.6 Å². The van der Waals surface area contributed by atoms with Crippen LogP contribution in [0.3, 0.4) is 0 Å². The van der Waals surface area contributed by atoms with Crippen LogP contribution in [-0.2, 0) is 9.53 Å². The van der Waals surface area contributed by atoms with Crippen LogP contribution in [0.15, 0.2) is 11.6 Å². The predicted octanol–water partition coefficient (Wildman–Crippen LogP) is 1.52. The fraction of sp³-hybridized carbons (Fsp3) is 0.625. The summed E-state index contributed by atoms with van der Waals surface area (Å²) in [6.07, 6.45) is 2.60. The quantitative estimate of drug-likeness (QED) is 0.407. The molecule has 0 N–H and O–H groups in total. The van der Waals surface area contributed by atoms with Crippen molar-refractivity contribution in [2.24, 2.45) is 5.92 Å². The monoisotopic (exact) mass is 140 g/mol. The lowest BCUT2D eigenvalue weighted by atomic mass is 10.00. The Morgan fingerprint density at radius 2 is 2.50 bits per heavy atom. The Kier molecular flexibility index (Phi) is 2.10. The van der Waals surface area contributed by atoms with E-state index in [-0.39, 0.29) is 5.97 Å². The third kappa shape index (κ3) is 1.38. The summed E-state index contributed by atoms with van der Waals surface area (Å²) in [7, 11) is 0. The van der Waals surface area contributed by atoms with Gasteiger partial charge in [-0.25, -0.2) is 0 Å². The van der Waals surface area contributed by atoms with Crippen LogP contribution in [-0.4, -0.2) is 12.6 Å². The summed E-state index contributed by atoms with van der Waals surface area (Å²) in [4.78, 5) is 10.6. The highest BCUT2D eigenvalue weighted by atomic mass is 16.5. The third-order valence-corrected chi connectivity index (χ3v) is 1.96. The molecule has 0 aromatic heterocycles. The molecule has 0 spiro atoms. The maximum Gasteiger partial charge on any atom is 0.306 e. The Morgan fingerprint density at radius 1 is 1.80 bits per heavy atom. The second-order valence-corrected chi connectivity index (χ2v) is 2.62. The number of carbonyl (C=O) groups is 1. The second kappa shape index (κ2) is 2.86. The first kappa shape index (κ1) is 7.32. The topological polar surface area (TPSA) is 26.3 Å². The molecule has 1 rings (SSSR count). The largest absolute Gasteiger partial charge is 0.465 e. The van der Waals surface area contributed by atoms with Crippen LogP contribution in [0.1, 0.15) is 20.3 Å². The van der Waals surface area contributed by atoms with Crippen LogP contribution >= 0.6 is 0 Å².